The van der Waals surface area contributed by atoms with E-state index >= 15 is 0 Å². The number of rotatable bonds is 3. The zero-order valence-corrected chi connectivity index (χ0v) is 9.65. The fourth-order valence-electron chi connectivity index (χ4n) is 2.18. The molecule has 0 aromatic carbocycles. The summed E-state index contributed by atoms with van der Waals surface area (Å²) in [6.07, 6.45) is 5.29. The molecule has 1 aromatic heterocycles. The highest BCUT2D eigenvalue weighted by Gasteiger charge is 2.29. The van der Waals surface area contributed by atoms with Crippen LogP contribution in [0.25, 0.3) is 0 Å². The van der Waals surface area contributed by atoms with E-state index in [1.54, 1.807) is 7.11 Å². The van der Waals surface area contributed by atoms with E-state index in [4.69, 9.17) is 4.74 Å². The van der Waals surface area contributed by atoms with Crippen molar-refractivity contribution in [1.82, 2.24) is 10.3 Å². The Balaban J connectivity index is 2.04. The number of methoxy groups -OCH3 is 1. The number of hydrogen-bond acceptors (Lipinski definition) is 3. The summed E-state index contributed by atoms with van der Waals surface area (Å²) in [4.78, 5) is 15.5. The Morgan fingerprint density at radius 2 is 2.41 bits per heavy atom. The number of nitrogens with one attached hydrogen (secondary N) is 1. The standard InChI is InChI=1S/C12H15FN2O2/c1-17-11-4-2-3-10(11)15-12(16)8-5-6-14-7-9(8)13/h5-7,10-11H,2-4H2,1H3,(H,15,16). The Kier molecular flexibility index (Phi) is 3.68. The second kappa shape index (κ2) is 5.23. The van der Waals surface area contributed by atoms with Crippen molar-refractivity contribution in [3.05, 3.63) is 29.8 Å². The molecule has 2 unspecified atom stereocenters. The predicted molar refractivity (Wildman–Crippen MR) is 60.1 cm³/mol. The number of ether oxygens (including phenoxy) is 1. The Bertz CT molecular complexity index is 411. The van der Waals surface area contributed by atoms with Gasteiger partial charge in [0.1, 0.15) is 0 Å². The van der Waals surface area contributed by atoms with Crippen LogP contribution in [0.2, 0.25) is 0 Å². The fraction of sp³-hybridized carbons (Fsp3) is 0.500. The minimum atomic E-state index is -0.600. The van der Waals surface area contributed by atoms with E-state index in [0.717, 1.165) is 25.5 Å². The minimum absolute atomic E-state index is 0.0277. The number of carbonyl (C=O) groups excluding carboxylic acids is 1. The van der Waals surface area contributed by atoms with Crippen molar-refractivity contribution in [2.75, 3.05) is 7.11 Å². The minimum Gasteiger partial charge on any atom is -0.379 e. The van der Waals surface area contributed by atoms with Gasteiger partial charge in [-0.25, -0.2) is 4.39 Å². The summed E-state index contributed by atoms with van der Waals surface area (Å²) in [6.45, 7) is 0. The molecule has 92 valence electrons. The Morgan fingerprint density at radius 3 is 3.12 bits per heavy atom. The van der Waals surface area contributed by atoms with Crippen LogP contribution in [0.5, 0.6) is 0 Å². The number of pyridine rings is 1. The highest BCUT2D eigenvalue weighted by molar-refractivity contribution is 5.94. The van der Waals surface area contributed by atoms with Gasteiger partial charge >= 0.3 is 0 Å². The summed E-state index contributed by atoms with van der Waals surface area (Å²) in [5, 5.41) is 2.81. The van der Waals surface area contributed by atoms with Crippen molar-refractivity contribution in [3.8, 4) is 0 Å². The summed E-state index contributed by atoms with van der Waals surface area (Å²) in [7, 11) is 1.63. The van der Waals surface area contributed by atoms with Gasteiger partial charge in [0.05, 0.1) is 23.9 Å². The topological polar surface area (TPSA) is 51.2 Å². The van der Waals surface area contributed by atoms with Crippen molar-refractivity contribution in [3.63, 3.8) is 0 Å². The third-order valence-electron chi connectivity index (χ3n) is 3.09. The third-order valence-corrected chi connectivity index (χ3v) is 3.09. The van der Waals surface area contributed by atoms with E-state index in [9.17, 15) is 9.18 Å². The van der Waals surface area contributed by atoms with Crippen LogP contribution < -0.4 is 5.32 Å². The van der Waals surface area contributed by atoms with Gasteiger partial charge in [0, 0.05) is 13.3 Å². The molecule has 0 bridgehead atoms. The van der Waals surface area contributed by atoms with Gasteiger partial charge in [-0.3, -0.25) is 9.78 Å². The maximum absolute atomic E-state index is 13.3. The summed E-state index contributed by atoms with van der Waals surface area (Å²) in [5.41, 5.74) is 0.0294. The fourth-order valence-corrected chi connectivity index (χ4v) is 2.18. The van der Waals surface area contributed by atoms with Crippen LogP contribution in [0.15, 0.2) is 18.5 Å². The monoisotopic (exact) mass is 238 g/mol. The summed E-state index contributed by atoms with van der Waals surface area (Å²) in [6, 6.07) is 1.35. The summed E-state index contributed by atoms with van der Waals surface area (Å²) >= 11 is 0. The molecule has 1 aliphatic carbocycles. The summed E-state index contributed by atoms with van der Waals surface area (Å²) in [5.74, 6) is -1.00. The van der Waals surface area contributed by atoms with Crippen LogP contribution in [0, 0.1) is 5.82 Å². The molecule has 1 amide bonds. The second-order valence-corrected chi connectivity index (χ2v) is 4.14. The van der Waals surface area contributed by atoms with Crippen LogP contribution >= 0.6 is 0 Å². The molecule has 0 aliphatic heterocycles. The SMILES string of the molecule is COC1CCCC1NC(=O)c1ccncc1F. The molecule has 1 saturated carbocycles. The highest BCUT2D eigenvalue weighted by atomic mass is 19.1. The molecule has 4 nitrogen and oxygen atoms in total. The molecule has 1 heterocycles. The van der Waals surface area contributed by atoms with Crippen molar-refractivity contribution in [2.45, 2.75) is 31.4 Å². The lowest BCUT2D eigenvalue weighted by molar-refractivity contribution is 0.0719. The lowest BCUT2D eigenvalue weighted by atomic mass is 10.2. The van der Waals surface area contributed by atoms with Crippen molar-refractivity contribution >= 4 is 5.91 Å². The van der Waals surface area contributed by atoms with E-state index in [-0.39, 0.29) is 17.7 Å². The van der Waals surface area contributed by atoms with Crippen molar-refractivity contribution in [1.29, 1.82) is 0 Å². The second-order valence-electron chi connectivity index (χ2n) is 4.14. The normalized spacial score (nSPS) is 23.6. The van der Waals surface area contributed by atoms with Gasteiger partial charge in [-0.2, -0.15) is 0 Å². The maximum Gasteiger partial charge on any atom is 0.254 e. The third kappa shape index (κ3) is 2.61. The lowest BCUT2D eigenvalue weighted by Crippen LogP contribution is -2.41. The van der Waals surface area contributed by atoms with Gasteiger partial charge in [-0.1, -0.05) is 0 Å². The van der Waals surface area contributed by atoms with Crippen LogP contribution in [-0.4, -0.2) is 30.1 Å². The zero-order valence-electron chi connectivity index (χ0n) is 9.65. The Labute approximate surface area is 99.2 Å². The molecule has 0 saturated heterocycles. The van der Waals surface area contributed by atoms with Gasteiger partial charge in [-0.05, 0) is 25.3 Å². The molecule has 1 aromatic rings. The highest BCUT2D eigenvalue weighted by Crippen LogP contribution is 2.22. The van der Waals surface area contributed by atoms with E-state index in [2.05, 4.69) is 10.3 Å². The van der Waals surface area contributed by atoms with E-state index in [1.807, 2.05) is 0 Å². The first kappa shape index (κ1) is 12.0. The first-order valence-electron chi connectivity index (χ1n) is 5.65. The zero-order chi connectivity index (χ0) is 12.3. The van der Waals surface area contributed by atoms with Gasteiger partial charge < -0.3 is 10.1 Å². The van der Waals surface area contributed by atoms with E-state index in [1.165, 1.54) is 12.3 Å². The molecule has 0 radical (unpaired) electrons. The average Bonchev–Trinajstić information content (AvgIpc) is 2.76. The van der Waals surface area contributed by atoms with Crippen LogP contribution in [0.1, 0.15) is 29.6 Å². The smallest absolute Gasteiger partial charge is 0.254 e. The number of aromatic nitrogens is 1. The first-order valence-corrected chi connectivity index (χ1v) is 5.65. The molecule has 1 fully saturated rings. The molecule has 1 aliphatic rings. The summed E-state index contributed by atoms with van der Waals surface area (Å²) < 4.78 is 18.6. The van der Waals surface area contributed by atoms with Crippen LogP contribution in [0.3, 0.4) is 0 Å². The molecule has 2 rings (SSSR count). The van der Waals surface area contributed by atoms with Crippen LogP contribution in [0.4, 0.5) is 4.39 Å². The molecular formula is C12H15FN2O2. The maximum atomic E-state index is 13.3. The van der Waals surface area contributed by atoms with E-state index in [0.29, 0.717) is 0 Å². The number of halogens is 1. The van der Waals surface area contributed by atoms with Crippen molar-refractivity contribution in [2.24, 2.45) is 0 Å². The van der Waals surface area contributed by atoms with Gasteiger partial charge in [0.25, 0.3) is 5.91 Å². The quantitative estimate of drug-likeness (QED) is 0.868. The van der Waals surface area contributed by atoms with Gasteiger partial charge in [0.2, 0.25) is 0 Å². The van der Waals surface area contributed by atoms with Crippen molar-refractivity contribution < 1.29 is 13.9 Å². The number of hydrogen-bond donors (Lipinski definition) is 1. The largest absolute Gasteiger partial charge is 0.379 e. The van der Waals surface area contributed by atoms with Gasteiger partial charge in [-0.15, -0.1) is 0 Å². The van der Waals surface area contributed by atoms with Crippen LogP contribution in [-0.2, 0) is 4.74 Å². The molecule has 0 spiro atoms. The number of amides is 1. The average molecular weight is 238 g/mol. The molecular weight excluding hydrogens is 223 g/mol. The molecule has 5 heteroatoms. The first-order chi connectivity index (χ1) is 8.22. The number of nitrogens with zero attached hydrogens (tertiary/aromatic N) is 1. The van der Waals surface area contributed by atoms with E-state index < -0.39 is 11.7 Å². The Hall–Kier alpha value is -1.49. The van der Waals surface area contributed by atoms with Gasteiger partial charge in [0.15, 0.2) is 5.82 Å². The predicted octanol–water partition coefficient (Wildman–Crippen LogP) is 1.52. The lowest BCUT2D eigenvalue weighted by Gasteiger charge is -2.19. The number of carbonyl (C=O) groups is 1. The molecule has 1 N–H and O–H groups in total. The Morgan fingerprint density at radius 1 is 1.59 bits per heavy atom. The molecule has 17 heavy (non-hydrogen) atoms. The molecule has 2 atom stereocenters.